The number of hydrogen-bond donors (Lipinski definition) is 1. The highest BCUT2D eigenvalue weighted by molar-refractivity contribution is 6.07. The van der Waals surface area contributed by atoms with Crippen molar-refractivity contribution in [1.29, 1.82) is 0 Å². The van der Waals surface area contributed by atoms with E-state index in [1.165, 1.54) is 43.5 Å². The molecule has 0 radical (unpaired) electrons. The third kappa shape index (κ3) is 4.38. The molecule has 0 fully saturated rings. The molecule has 2 aromatic carbocycles. The number of carbonyl (C=O) groups is 2. The van der Waals surface area contributed by atoms with Crippen molar-refractivity contribution in [3.8, 4) is 17.0 Å². The largest absolute Gasteiger partial charge is 0.497 e. The highest BCUT2D eigenvalue weighted by atomic mass is 19.4. The van der Waals surface area contributed by atoms with Gasteiger partial charge in [-0.3, -0.25) is 9.59 Å². The van der Waals surface area contributed by atoms with Crippen LogP contribution in [0.15, 0.2) is 60.7 Å². The van der Waals surface area contributed by atoms with Crippen LogP contribution in [-0.4, -0.2) is 39.6 Å². The SMILES string of the molecule is COc1ccc(C(=O)c2ccc3nc(NC(=O)C(F)(F)F)c(-c4ccc(F)cc4)n3n2)cc1. The van der Waals surface area contributed by atoms with Gasteiger partial charge in [0.1, 0.15) is 23.0 Å². The molecule has 0 aliphatic heterocycles. The van der Waals surface area contributed by atoms with Gasteiger partial charge in [0.2, 0.25) is 5.78 Å². The Morgan fingerprint density at radius 2 is 1.64 bits per heavy atom. The molecule has 4 aromatic rings. The number of benzene rings is 2. The molecule has 0 aliphatic carbocycles. The minimum Gasteiger partial charge on any atom is -0.497 e. The Labute approximate surface area is 183 Å². The van der Waals surface area contributed by atoms with Crippen LogP contribution in [0.4, 0.5) is 23.4 Å². The molecular weight excluding hydrogens is 444 g/mol. The summed E-state index contributed by atoms with van der Waals surface area (Å²) in [5.41, 5.74) is 0.520. The van der Waals surface area contributed by atoms with E-state index in [-0.39, 0.29) is 22.6 Å². The number of ketones is 1. The lowest BCUT2D eigenvalue weighted by atomic mass is 10.1. The van der Waals surface area contributed by atoms with Crippen molar-refractivity contribution in [2.75, 3.05) is 12.4 Å². The van der Waals surface area contributed by atoms with Crippen molar-refractivity contribution < 1.29 is 31.9 Å². The molecule has 0 spiro atoms. The van der Waals surface area contributed by atoms with Gasteiger partial charge in [-0.2, -0.15) is 18.3 Å². The number of halogens is 4. The first-order chi connectivity index (χ1) is 15.7. The summed E-state index contributed by atoms with van der Waals surface area (Å²) in [5, 5.41) is 5.95. The van der Waals surface area contributed by atoms with E-state index in [0.29, 0.717) is 11.3 Å². The normalized spacial score (nSPS) is 11.4. The third-order valence-corrected chi connectivity index (χ3v) is 4.67. The number of amides is 1. The minimum absolute atomic E-state index is 0.0258. The number of imidazole rings is 1. The molecule has 2 heterocycles. The molecule has 0 aliphatic rings. The van der Waals surface area contributed by atoms with E-state index in [1.807, 2.05) is 0 Å². The van der Waals surface area contributed by atoms with Gasteiger partial charge in [-0.1, -0.05) is 0 Å². The third-order valence-electron chi connectivity index (χ3n) is 4.67. The highest BCUT2D eigenvalue weighted by Crippen LogP contribution is 2.30. The summed E-state index contributed by atoms with van der Waals surface area (Å²) >= 11 is 0. The molecule has 1 amide bonds. The zero-order chi connectivity index (χ0) is 23.8. The molecule has 168 valence electrons. The number of aromatic nitrogens is 3. The van der Waals surface area contributed by atoms with E-state index in [1.54, 1.807) is 17.4 Å². The van der Waals surface area contributed by atoms with E-state index in [0.717, 1.165) is 16.6 Å². The smallest absolute Gasteiger partial charge is 0.471 e. The summed E-state index contributed by atoms with van der Waals surface area (Å²) in [6.07, 6.45) is -5.15. The maximum Gasteiger partial charge on any atom is 0.471 e. The number of anilines is 1. The van der Waals surface area contributed by atoms with Crippen molar-refractivity contribution in [2.24, 2.45) is 0 Å². The van der Waals surface area contributed by atoms with Gasteiger partial charge in [0.25, 0.3) is 0 Å². The minimum atomic E-state index is -5.15. The van der Waals surface area contributed by atoms with Gasteiger partial charge in [-0.15, -0.1) is 0 Å². The fraction of sp³-hybridized carbons (Fsp3) is 0.0909. The zero-order valence-electron chi connectivity index (χ0n) is 16.9. The topological polar surface area (TPSA) is 85.6 Å². The van der Waals surface area contributed by atoms with Crippen molar-refractivity contribution >= 4 is 23.2 Å². The quantitative estimate of drug-likeness (QED) is 0.357. The fourth-order valence-corrected chi connectivity index (χ4v) is 3.08. The van der Waals surface area contributed by atoms with E-state index in [9.17, 15) is 27.2 Å². The van der Waals surface area contributed by atoms with Crippen molar-refractivity contribution in [3.63, 3.8) is 0 Å². The van der Waals surface area contributed by atoms with Crippen LogP contribution in [0.5, 0.6) is 5.75 Å². The number of carbonyl (C=O) groups excluding carboxylic acids is 2. The summed E-state index contributed by atoms with van der Waals surface area (Å²) < 4.78 is 58.1. The molecule has 0 unspecified atom stereocenters. The van der Waals surface area contributed by atoms with Gasteiger partial charge in [-0.25, -0.2) is 13.9 Å². The van der Waals surface area contributed by atoms with Crippen LogP contribution in [0.1, 0.15) is 16.1 Å². The van der Waals surface area contributed by atoms with Gasteiger partial charge in [0, 0.05) is 11.1 Å². The summed E-state index contributed by atoms with van der Waals surface area (Å²) in [6, 6.07) is 13.8. The molecule has 0 saturated carbocycles. The fourth-order valence-electron chi connectivity index (χ4n) is 3.08. The molecule has 4 rings (SSSR count). The highest BCUT2D eigenvalue weighted by Gasteiger charge is 2.39. The lowest BCUT2D eigenvalue weighted by Gasteiger charge is -2.09. The Kier molecular flexibility index (Phi) is 5.54. The van der Waals surface area contributed by atoms with Crippen LogP contribution in [0.25, 0.3) is 16.9 Å². The second kappa shape index (κ2) is 8.34. The molecule has 11 heteroatoms. The monoisotopic (exact) mass is 458 g/mol. The average molecular weight is 458 g/mol. The van der Waals surface area contributed by atoms with E-state index < -0.39 is 29.5 Å². The summed E-state index contributed by atoms with van der Waals surface area (Å²) in [5.74, 6) is -3.15. The number of ether oxygens (including phenoxy) is 1. The second-order valence-electron chi connectivity index (χ2n) is 6.81. The summed E-state index contributed by atoms with van der Waals surface area (Å²) in [4.78, 5) is 28.4. The average Bonchev–Trinajstić information content (AvgIpc) is 3.15. The lowest BCUT2D eigenvalue weighted by Crippen LogP contribution is -2.30. The van der Waals surface area contributed by atoms with E-state index in [2.05, 4.69) is 10.1 Å². The molecule has 7 nitrogen and oxygen atoms in total. The predicted octanol–water partition coefficient (Wildman–Crippen LogP) is 4.28. The Morgan fingerprint density at radius 1 is 0.970 bits per heavy atom. The van der Waals surface area contributed by atoms with Crippen molar-refractivity contribution in [2.45, 2.75) is 6.18 Å². The van der Waals surface area contributed by atoms with Crippen LogP contribution >= 0.6 is 0 Å². The van der Waals surface area contributed by atoms with Gasteiger partial charge in [-0.05, 0) is 60.7 Å². The molecule has 0 atom stereocenters. The van der Waals surface area contributed by atoms with Gasteiger partial charge in [0.15, 0.2) is 11.5 Å². The van der Waals surface area contributed by atoms with Gasteiger partial charge in [0.05, 0.1) is 7.11 Å². The van der Waals surface area contributed by atoms with E-state index >= 15 is 0 Å². The summed E-state index contributed by atoms with van der Waals surface area (Å²) in [7, 11) is 1.48. The van der Waals surface area contributed by atoms with Gasteiger partial charge < -0.3 is 10.1 Å². The molecule has 1 N–H and O–H groups in total. The maximum absolute atomic E-state index is 13.4. The Hall–Kier alpha value is -4.28. The number of fused-ring (bicyclic) bond motifs is 1. The first-order valence-corrected chi connectivity index (χ1v) is 9.40. The molecule has 2 aromatic heterocycles. The van der Waals surface area contributed by atoms with Crippen LogP contribution in [-0.2, 0) is 4.79 Å². The Balaban J connectivity index is 1.83. The zero-order valence-corrected chi connectivity index (χ0v) is 16.9. The number of alkyl halides is 3. The Morgan fingerprint density at radius 3 is 2.24 bits per heavy atom. The first-order valence-electron chi connectivity index (χ1n) is 9.40. The second-order valence-corrected chi connectivity index (χ2v) is 6.81. The lowest BCUT2D eigenvalue weighted by molar-refractivity contribution is -0.167. The van der Waals surface area contributed by atoms with Crippen LogP contribution in [0, 0.1) is 5.82 Å². The van der Waals surface area contributed by atoms with Crippen molar-refractivity contribution in [3.05, 3.63) is 77.7 Å². The molecular formula is C22H14F4N4O3. The van der Waals surface area contributed by atoms with Crippen molar-refractivity contribution in [1.82, 2.24) is 14.6 Å². The van der Waals surface area contributed by atoms with E-state index in [4.69, 9.17) is 4.74 Å². The number of hydrogen-bond acceptors (Lipinski definition) is 5. The number of methoxy groups -OCH3 is 1. The molecule has 33 heavy (non-hydrogen) atoms. The predicted molar refractivity (Wildman–Crippen MR) is 109 cm³/mol. The number of nitrogens with zero attached hydrogens (tertiary/aromatic N) is 3. The molecule has 0 bridgehead atoms. The van der Waals surface area contributed by atoms with Crippen LogP contribution in [0.2, 0.25) is 0 Å². The number of rotatable bonds is 5. The van der Waals surface area contributed by atoms with Crippen LogP contribution in [0.3, 0.4) is 0 Å². The van der Waals surface area contributed by atoms with Crippen LogP contribution < -0.4 is 10.1 Å². The standard InChI is InChI=1S/C22H14F4N4O3/c1-33-15-8-4-13(5-9-15)19(31)16-10-11-17-27-20(28-21(32)22(24,25)26)18(30(17)29-16)12-2-6-14(23)7-3-12/h2-11H,1H3,(H,28,32). The Bertz CT molecular complexity index is 1350. The molecule has 0 saturated heterocycles. The maximum atomic E-state index is 13.4. The summed E-state index contributed by atoms with van der Waals surface area (Å²) in [6.45, 7) is 0. The first kappa shape index (κ1) is 21.9. The van der Waals surface area contributed by atoms with Gasteiger partial charge >= 0.3 is 12.1 Å². The number of nitrogens with one attached hydrogen (secondary N) is 1.